The Morgan fingerprint density at radius 3 is 2.55 bits per heavy atom. The topological polar surface area (TPSA) is 58.6 Å². The number of phenols is 1. The van der Waals surface area contributed by atoms with Crippen molar-refractivity contribution in [2.24, 2.45) is 0 Å². The number of benzene rings is 2. The minimum Gasteiger partial charge on any atom is -0.507 e. The van der Waals surface area contributed by atoms with E-state index in [4.69, 9.17) is 4.84 Å². The van der Waals surface area contributed by atoms with Gasteiger partial charge >= 0.3 is 0 Å². The summed E-state index contributed by atoms with van der Waals surface area (Å²) >= 11 is 0. The highest BCUT2D eigenvalue weighted by molar-refractivity contribution is 5.96. The minimum atomic E-state index is -1.16. The van der Waals surface area contributed by atoms with Gasteiger partial charge in [-0.3, -0.25) is 9.63 Å². The normalized spacial score (nSPS) is 10.3. The number of rotatable bonds is 4. The van der Waals surface area contributed by atoms with Crippen molar-refractivity contribution >= 4 is 5.91 Å². The quantitative estimate of drug-likeness (QED) is 0.845. The molecule has 0 aliphatic carbocycles. The lowest BCUT2D eigenvalue weighted by Crippen LogP contribution is -2.24. The molecule has 0 saturated carbocycles. The van der Waals surface area contributed by atoms with Gasteiger partial charge in [0.05, 0.1) is 6.61 Å². The SMILES string of the molecule is O=C(NOCc1ccccc1)c1c(O)cc(F)cc1F. The van der Waals surface area contributed by atoms with Crippen molar-refractivity contribution in [1.82, 2.24) is 5.48 Å². The number of hydroxylamine groups is 1. The number of halogens is 2. The average Bonchev–Trinajstić information content (AvgIpc) is 2.38. The van der Waals surface area contributed by atoms with Gasteiger partial charge in [0.15, 0.2) is 0 Å². The van der Waals surface area contributed by atoms with E-state index in [9.17, 15) is 18.7 Å². The van der Waals surface area contributed by atoms with Crippen molar-refractivity contribution in [2.45, 2.75) is 6.61 Å². The van der Waals surface area contributed by atoms with Crippen molar-refractivity contribution in [1.29, 1.82) is 0 Å². The van der Waals surface area contributed by atoms with E-state index in [1.807, 2.05) is 11.5 Å². The first-order valence-electron chi connectivity index (χ1n) is 5.72. The van der Waals surface area contributed by atoms with Gasteiger partial charge in [0.2, 0.25) is 0 Å². The number of phenolic OH excluding ortho intramolecular Hbond substituents is 1. The second-order valence-corrected chi connectivity index (χ2v) is 3.99. The molecule has 0 unspecified atom stereocenters. The summed E-state index contributed by atoms with van der Waals surface area (Å²) in [6.07, 6.45) is 0. The summed E-state index contributed by atoms with van der Waals surface area (Å²) in [5.41, 5.74) is 2.12. The number of carbonyl (C=O) groups is 1. The Morgan fingerprint density at radius 1 is 1.20 bits per heavy atom. The molecule has 1 amide bonds. The van der Waals surface area contributed by atoms with E-state index < -0.39 is 28.9 Å². The first-order valence-corrected chi connectivity index (χ1v) is 5.72. The van der Waals surface area contributed by atoms with Crippen LogP contribution in [0.3, 0.4) is 0 Å². The summed E-state index contributed by atoms with van der Waals surface area (Å²) in [6, 6.07) is 10.1. The van der Waals surface area contributed by atoms with Crippen LogP contribution in [0.2, 0.25) is 0 Å². The molecule has 4 nitrogen and oxygen atoms in total. The van der Waals surface area contributed by atoms with Gasteiger partial charge in [-0.05, 0) is 5.56 Å². The van der Waals surface area contributed by atoms with E-state index in [2.05, 4.69) is 0 Å². The molecule has 0 fully saturated rings. The molecule has 2 aromatic rings. The predicted molar refractivity (Wildman–Crippen MR) is 66.7 cm³/mol. The molecule has 0 heterocycles. The predicted octanol–water partition coefficient (Wildman–Crippen LogP) is 2.53. The summed E-state index contributed by atoms with van der Waals surface area (Å²) < 4.78 is 26.2. The van der Waals surface area contributed by atoms with E-state index in [0.717, 1.165) is 5.56 Å². The van der Waals surface area contributed by atoms with Gasteiger partial charge in [-0.1, -0.05) is 30.3 Å². The summed E-state index contributed by atoms with van der Waals surface area (Å²) in [6.45, 7) is 0.0795. The first kappa shape index (κ1) is 14.0. The van der Waals surface area contributed by atoms with Gasteiger partial charge in [0.1, 0.15) is 22.9 Å². The fourth-order valence-corrected chi connectivity index (χ4v) is 1.60. The van der Waals surface area contributed by atoms with Crippen molar-refractivity contribution < 1.29 is 23.5 Å². The van der Waals surface area contributed by atoms with E-state index in [-0.39, 0.29) is 6.61 Å². The number of aromatic hydroxyl groups is 1. The first-order chi connectivity index (χ1) is 9.58. The molecular formula is C14H11F2NO3. The fraction of sp³-hybridized carbons (Fsp3) is 0.0714. The van der Waals surface area contributed by atoms with Crippen LogP contribution in [0.15, 0.2) is 42.5 Å². The van der Waals surface area contributed by atoms with Crippen molar-refractivity contribution in [3.05, 3.63) is 65.2 Å². The third-order valence-corrected chi connectivity index (χ3v) is 2.51. The highest BCUT2D eigenvalue weighted by Gasteiger charge is 2.18. The monoisotopic (exact) mass is 279 g/mol. The third-order valence-electron chi connectivity index (χ3n) is 2.51. The summed E-state index contributed by atoms with van der Waals surface area (Å²) in [7, 11) is 0. The molecule has 6 heteroatoms. The Kier molecular flexibility index (Phi) is 4.27. The Hall–Kier alpha value is -2.47. The van der Waals surface area contributed by atoms with Crippen LogP contribution in [0.5, 0.6) is 5.75 Å². The molecule has 20 heavy (non-hydrogen) atoms. The number of hydrogen-bond donors (Lipinski definition) is 2. The lowest BCUT2D eigenvalue weighted by molar-refractivity contribution is 0.0228. The molecule has 104 valence electrons. The molecule has 2 N–H and O–H groups in total. The standard InChI is InChI=1S/C14H11F2NO3/c15-10-6-11(16)13(12(18)7-10)14(19)17-20-8-9-4-2-1-3-5-9/h1-7,18H,8H2,(H,17,19). The van der Waals surface area contributed by atoms with Gasteiger partial charge in [0.25, 0.3) is 5.91 Å². The lowest BCUT2D eigenvalue weighted by atomic mass is 10.1. The molecule has 2 rings (SSSR count). The van der Waals surface area contributed by atoms with E-state index >= 15 is 0 Å². The van der Waals surface area contributed by atoms with Crippen LogP contribution in [0.25, 0.3) is 0 Å². The summed E-state index contributed by atoms with van der Waals surface area (Å²) in [5.74, 6) is -3.91. The van der Waals surface area contributed by atoms with Crippen molar-refractivity contribution in [3.63, 3.8) is 0 Å². The number of amides is 1. The maximum absolute atomic E-state index is 13.4. The third kappa shape index (κ3) is 3.30. The molecule has 0 aromatic heterocycles. The zero-order chi connectivity index (χ0) is 14.5. The van der Waals surface area contributed by atoms with Gasteiger partial charge < -0.3 is 5.11 Å². The van der Waals surface area contributed by atoms with E-state index in [0.29, 0.717) is 12.1 Å². The Labute approximate surface area is 113 Å². The molecule has 0 saturated heterocycles. The van der Waals surface area contributed by atoms with Gasteiger partial charge in [-0.25, -0.2) is 14.3 Å². The maximum Gasteiger partial charge on any atom is 0.281 e. The zero-order valence-corrected chi connectivity index (χ0v) is 10.3. The van der Waals surface area contributed by atoms with Crippen molar-refractivity contribution in [2.75, 3.05) is 0 Å². The van der Waals surface area contributed by atoms with Crippen LogP contribution >= 0.6 is 0 Å². The van der Waals surface area contributed by atoms with Crippen LogP contribution in [0.4, 0.5) is 8.78 Å². The lowest BCUT2D eigenvalue weighted by Gasteiger charge is -2.08. The highest BCUT2D eigenvalue weighted by Crippen LogP contribution is 2.21. The molecule has 0 aliphatic rings. The largest absolute Gasteiger partial charge is 0.507 e. The summed E-state index contributed by atoms with van der Waals surface area (Å²) in [4.78, 5) is 16.5. The molecular weight excluding hydrogens is 268 g/mol. The maximum atomic E-state index is 13.4. The number of carbonyl (C=O) groups excluding carboxylic acids is 1. The second-order valence-electron chi connectivity index (χ2n) is 3.99. The Morgan fingerprint density at radius 2 is 1.90 bits per heavy atom. The van der Waals surface area contributed by atoms with Crippen LogP contribution in [0.1, 0.15) is 15.9 Å². The molecule has 0 aliphatic heterocycles. The molecule has 0 bridgehead atoms. The molecule has 0 spiro atoms. The molecule has 0 atom stereocenters. The Balaban J connectivity index is 1.99. The number of nitrogens with one attached hydrogen (secondary N) is 1. The van der Waals surface area contributed by atoms with Crippen LogP contribution in [-0.4, -0.2) is 11.0 Å². The van der Waals surface area contributed by atoms with Crippen LogP contribution in [-0.2, 0) is 11.4 Å². The van der Waals surface area contributed by atoms with Crippen LogP contribution in [0, 0.1) is 11.6 Å². The van der Waals surface area contributed by atoms with E-state index in [1.165, 1.54) is 0 Å². The second kappa shape index (κ2) is 6.12. The van der Waals surface area contributed by atoms with Gasteiger partial charge in [-0.2, -0.15) is 0 Å². The van der Waals surface area contributed by atoms with E-state index in [1.54, 1.807) is 24.3 Å². The van der Waals surface area contributed by atoms with Gasteiger partial charge in [0, 0.05) is 12.1 Å². The summed E-state index contributed by atoms with van der Waals surface area (Å²) in [5, 5.41) is 9.36. The highest BCUT2D eigenvalue weighted by atomic mass is 19.1. The van der Waals surface area contributed by atoms with Crippen LogP contribution < -0.4 is 5.48 Å². The smallest absolute Gasteiger partial charge is 0.281 e. The zero-order valence-electron chi connectivity index (χ0n) is 10.3. The van der Waals surface area contributed by atoms with Gasteiger partial charge in [-0.15, -0.1) is 0 Å². The minimum absolute atomic E-state index is 0.0795. The average molecular weight is 279 g/mol. The number of hydrogen-bond acceptors (Lipinski definition) is 3. The van der Waals surface area contributed by atoms with Crippen molar-refractivity contribution in [3.8, 4) is 5.75 Å². The Bertz CT molecular complexity index is 594. The molecule has 0 radical (unpaired) electrons. The molecule has 2 aromatic carbocycles. The fourth-order valence-electron chi connectivity index (χ4n) is 1.60.